The molecule has 7 heteroatoms. The van der Waals surface area contributed by atoms with E-state index in [2.05, 4.69) is 12.2 Å². The van der Waals surface area contributed by atoms with Gasteiger partial charge in [-0.15, -0.1) is 0 Å². The fourth-order valence-corrected chi connectivity index (χ4v) is 3.37. The van der Waals surface area contributed by atoms with Crippen LogP contribution in [0.4, 0.5) is 0 Å². The van der Waals surface area contributed by atoms with E-state index in [4.69, 9.17) is 16.6 Å². The van der Waals surface area contributed by atoms with Crippen molar-refractivity contribution in [1.82, 2.24) is 10.2 Å². The second-order valence-electron chi connectivity index (χ2n) is 5.16. The van der Waals surface area contributed by atoms with Crippen molar-refractivity contribution in [1.29, 1.82) is 0 Å². The number of rotatable bonds is 8. The zero-order valence-corrected chi connectivity index (χ0v) is 14.7. The molecule has 0 bridgehead atoms. The van der Waals surface area contributed by atoms with Crippen molar-refractivity contribution in [2.24, 2.45) is 0 Å². The molecule has 124 valence electrons. The molecule has 2 rings (SSSR count). The highest BCUT2D eigenvalue weighted by Gasteiger charge is 2.31. The Hall–Kier alpha value is -1.60. The van der Waals surface area contributed by atoms with Crippen LogP contribution in [-0.4, -0.2) is 34.1 Å². The molecular weight excluding hydrogens is 332 g/mol. The number of amides is 2. The number of thiocarbonyl (C=S) groups is 1. The molecule has 1 aliphatic heterocycles. The number of nitrogens with zero attached hydrogens (tertiary/aromatic N) is 1. The maximum Gasteiger partial charge on any atom is 0.266 e. The molecule has 5 nitrogen and oxygen atoms in total. The molecule has 1 fully saturated rings. The van der Waals surface area contributed by atoms with Crippen LogP contribution >= 0.6 is 24.0 Å². The van der Waals surface area contributed by atoms with E-state index in [1.807, 2.05) is 0 Å². The van der Waals surface area contributed by atoms with Crippen LogP contribution < -0.4 is 5.32 Å². The van der Waals surface area contributed by atoms with Crippen LogP contribution in [0.3, 0.4) is 0 Å². The highest BCUT2D eigenvalue weighted by molar-refractivity contribution is 8.26. The predicted molar refractivity (Wildman–Crippen MR) is 95.7 cm³/mol. The summed E-state index contributed by atoms with van der Waals surface area (Å²) in [5, 5.41) is 2.87. The van der Waals surface area contributed by atoms with Crippen LogP contribution in [0.15, 0.2) is 27.7 Å². The summed E-state index contributed by atoms with van der Waals surface area (Å²) in [7, 11) is 0. The summed E-state index contributed by atoms with van der Waals surface area (Å²) in [5.74, 6) is 0.526. The minimum atomic E-state index is -0.122. The molecule has 1 N–H and O–H groups in total. The molecule has 2 amide bonds. The third-order valence-electron chi connectivity index (χ3n) is 3.33. The van der Waals surface area contributed by atoms with E-state index in [0.717, 1.165) is 12.8 Å². The largest absolute Gasteiger partial charge is 0.465 e. The molecule has 0 atom stereocenters. The molecule has 1 aliphatic rings. The number of nitrogens with one attached hydrogen (secondary N) is 1. The second kappa shape index (κ2) is 8.88. The van der Waals surface area contributed by atoms with Crippen molar-refractivity contribution in [3.05, 3.63) is 29.1 Å². The number of carbonyl (C=O) groups excluding carboxylic acids is 2. The molecular formula is C16H20N2O3S2. The van der Waals surface area contributed by atoms with Gasteiger partial charge in [-0.1, -0.05) is 37.3 Å². The number of hydrogen-bond acceptors (Lipinski definition) is 5. The van der Waals surface area contributed by atoms with Gasteiger partial charge in [0, 0.05) is 25.6 Å². The van der Waals surface area contributed by atoms with E-state index in [0.29, 0.717) is 40.9 Å². The summed E-state index contributed by atoms with van der Waals surface area (Å²) in [4.78, 5) is 26.1. The van der Waals surface area contributed by atoms with Gasteiger partial charge in [0.05, 0.1) is 11.2 Å². The van der Waals surface area contributed by atoms with Gasteiger partial charge >= 0.3 is 0 Å². The zero-order valence-electron chi connectivity index (χ0n) is 13.0. The molecule has 23 heavy (non-hydrogen) atoms. The van der Waals surface area contributed by atoms with E-state index in [1.165, 1.54) is 11.8 Å². The lowest BCUT2D eigenvalue weighted by Crippen LogP contribution is -2.30. The lowest BCUT2D eigenvalue weighted by molar-refractivity contribution is -0.124. The van der Waals surface area contributed by atoms with Crippen LogP contribution in [0.5, 0.6) is 0 Å². The lowest BCUT2D eigenvalue weighted by atomic mass is 10.2. The average Bonchev–Trinajstić information content (AvgIpc) is 3.11. The number of thioether (sulfide) groups is 1. The Morgan fingerprint density at radius 2 is 2.30 bits per heavy atom. The van der Waals surface area contributed by atoms with E-state index in [-0.39, 0.29) is 11.8 Å². The number of carbonyl (C=O) groups is 2. The molecule has 1 aromatic heterocycles. The number of unbranched alkanes of at least 4 members (excludes halogenated alkanes) is 1. The summed E-state index contributed by atoms with van der Waals surface area (Å²) >= 11 is 6.52. The Morgan fingerprint density at radius 3 is 3.00 bits per heavy atom. The Kier molecular flexibility index (Phi) is 6.85. The van der Waals surface area contributed by atoms with E-state index in [9.17, 15) is 9.59 Å². The van der Waals surface area contributed by atoms with Crippen molar-refractivity contribution >= 4 is 46.2 Å². The monoisotopic (exact) mass is 352 g/mol. The lowest BCUT2D eigenvalue weighted by Gasteiger charge is -2.14. The first-order chi connectivity index (χ1) is 11.1. The topological polar surface area (TPSA) is 62.6 Å². The highest BCUT2D eigenvalue weighted by Crippen LogP contribution is 2.32. The molecule has 0 spiro atoms. The normalized spacial score (nSPS) is 16.4. The van der Waals surface area contributed by atoms with Crippen molar-refractivity contribution in [2.75, 3.05) is 13.1 Å². The second-order valence-corrected chi connectivity index (χ2v) is 6.83. The van der Waals surface area contributed by atoms with Gasteiger partial charge in [-0.2, -0.15) is 0 Å². The molecule has 0 saturated carbocycles. The van der Waals surface area contributed by atoms with Crippen molar-refractivity contribution in [3.8, 4) is 0 Å². The fourth-order valence-electron chi connectivity index (χ4n) is 2.09. The first-order valence-corrected chi connectivity index (χ1v) is 8.90. The Labute approximate surface area is 145 Å². The summed E-state index contributed by atoms with van der Waals surface area (Å²) in [6.45, 7) is 3.25. The molecule has 0 unspecified atom stereocenters. The molecule has 0 aromatic carbocycles. The standard InChI is InChI=1S/C16H20N2O3S2/c1-2-3-8-17-14(19)7-4-9-18-15(20)13(23-16(18)22)11-12-6-5-10-21-12/h5-6,10-11H,2-4,7-9H2,1H3,(H,17,19)/b13-11+. The SMILES string of the molecule is CCCCNC(=O)CCCN1C(=O)/C(=C\c2ccco2)SC1=S. The average molecular weight is 352 g/mol. The van der Waals surface area contributed by atoms with Gasteiger partial charge in [0.15, 0.2) is 0 Å². The summed E-state index contributed by atoms with van der Waals surface area (Å²) in [6, 6.07) is 3.55. The Bertz CT molecular complexity index is 596. The van der Waals surface area contributed by atoms with Gasteiger partial charge in [0.25, 0.3) is 5.91 Å². The van der Waals surface area contributed by atoms with Crippen molar-refractivity contribution in [2.45, 2.75) is 32.6 Å². The number of hydrogen-bond donors (Lipinski definition) is 1. The van der Waals surface area contributed by atoms with Crippen molar-refractivity contribution < 1.29 is 14.0 Å². The summed E-state index contributed by atoms with van der Waals surface area (Å²) in [5.41, 5.74) is 0. The maximum atomic E-state index is 12.3. The van der Waals surface area contributed by atoms with Crippen LogP contribution in [0, 0.1) is 0 Å². The fraction of sp³-hybridized carbons (Fsp3) is 0.438. The van der Waals surface area contributed by atoms with E-state index in [1.54, 1.807) is 29.4 Å². The van der Waals surface area contributed by atoms with Gasteiger partial charge in [-0.3, -0.25) is 14.5 Å². The molecule has 2 heterocycles. The highest BCUT2D eigenvalue weighted by atomic mass is 32.2. The minimum absolute atomic E-state index is 0.0232. The van der Waals surface area contributed by atoms with Crippen LogP contribution in [-0.2, 0) is 9.59 Å². The Morgan fingerprint density at radius 1 is 1.48 bits per heavy atom. The number of furan rings is 1. The predicted octanol–water partition coefficient (Wildman–Crippen LogP) is 3.18. The van der Waals surface area contributed by atoms with Crippen molar-refractivity contribution in [3.63, 3.8) is 0 Å². The Balaban J connectivity index is 1.81. The molecule has 0 radical (unpaired) electrons. The van der Waals surface area contributed by atoms with Crippen LogP contribution in [0.1, 0.15) is 38.4 Å². The van der Waals surface area contributed by atoms with Gasteiger partial charge < -0.3 is 9.73 Å². The zero-order chi connectivity index (χ0) is 16.7. The molecule has 1 aromatic rings. The summed E-state index contributed by atoms with van der Waals surface area (Å²) in [6.07, 6.45) is 6.29. The van der Waals surface area contributed by atoms with Gasteiger partial charge in [-0.05, 0) is 25.0 Å². The van der Waals surface area contributed by atoms with Gasteiger partial charge in [0.2, 0.25) is 5.91 Å². The van der Waals surface area contributed by atoms with E-state index >= 15 is 0 Å². The van der Waals surface area contributed by atoms with Gasteiger partial charge in [-0.25, -0.2) is 0 Å². The van der Waals surface area contributed by atoms with Crippen LogP contribution in [0.2, 0.25) is 0 Å². The third kappa shape index (κ3) is 5.21. The first kappa shape index (κ1) is 17.7. The quantitative estimate of drug-likeness (QED) is 0.442. The van der Waals surface area contributed by atoms with E-state index < -0.39 is 0 Å². The van der Waals surface area contributed by atoms with Gasteiger partial charge in [0.1, 0.15) is 10.1 Å². The molecule has 0 aliphatic carbocycles. The molecule has 1 saturated heterocycles. The van der Waals surface area contributed by atoms with Crippen LogP contribution in [0.25, 0.3) is 6.08 Å². The maximum absolute atomic E-state index is 12.3. The summed E-state index contributed by atoms with van der Waals surface area (Å²) < 4.78 is 5.74. The minimum Gasteiger partial charge on any atom is -0.465 e. The first-order valence-electron chi connectivity index (χ1n) is 7.67. The smallest absolute Gasteiger partial charge is 0.266 e. The third-order valence-corrected chi connectivity index (χ3v) is 4.71.